The van der Waals surface area contributed by atoms with Crippen LogP contribution in [0.25, 0.3) is 0 Å². The van der Waals surface area contributed by atoms with Crippen molar-refractivity contribution in [3.05, 3.63) is 0 Å². The minimum Gasteiger partial charge on any atom is -0.481 e. The fraction of sp³-hybridized carbons (Fsp3) is 0.846. The highest BCUT2D eigenvalue weighted by Crippen LogP contribution is 2.35. The van der Waals surface area contributed by atoms with Crippen LogP contribution in [0.2, 0.25) is 0 Å². The van der Waals surface area contributed by atoms with Crippen molar-refractivity contribution < 1.29 is 14.7 Å². The van der Waals surface area contributed by atoms with Crippen LogP contribution in [0, 0.1) is 17.8 Å². The van der Waals surface area contributed by atoms with E-state index in [1.54, 1.807) is 0 Å². The lowest BCUT2D eigenvalue weighted by molar-refractivity contribution is -0.153. The lowest BCUT2D eigenvalue weighted by Gasteiger charge is -2.35. The first-order valence-electron chi connectivity index (χ1n) is 6.90. The fourth-order valence-corrected chi connectivity index (χ4v) is 3.64. The normalized spacial score (nSPS) is 42.1. The molecular formula is C13H20N2O3. The van der Waals surface area contributed by atoms with Crippen molar-refractivity contribution in [2.24, 2.45) is 17.8 Å². The molecule has 5 nitrogen and oxygen atoms in total. The van der Waals surface area contributed by atoms with Crippen LogP contribution < -0.4 is 10.6 Å². The van der Waals surface area contributed by atoms with Crippen LogP contribution in [0.3, 0.4) is 0 Å². The first-order chi connectivity index (χ1) is 8.63. The second-order valence-corrected chi connectivity index (χ2v) is 6.01. The SMILES string of the molecule is O=C(O)C1CCC1C(=O)NC1CC2CNC(C2)C1. The van der Waals surface area contributed by atoms with Gasteiger partial charge in [0.15, 0.2) is 0 Å². The fourth-order valence-electron chi connectivity index (χ4n) is 3.64. The lowest BCUT2D eigenvalue weighted by atomic mass is 9.73. The van der Waals surface area contributed by atoms with E-state index in [4.69, 9.17) is 5.11 Å². The summed E-state index contributed by atoms with van der Waals surface area (Å²) >= 11 is 0. The van der Waals surface area contributed by atoms with Gasteiger partial charge in [-0.1, -0.05) is 0 Å². The third-order valence-corrected chi connectivity index (χ3v) is 4.77. The zero-order valence-corrected chi connectivity index (χ0v) is 10.4. The molecule has 5 heteroatoms. The van der Waals surface area contributed by atoms with Crippen LogP contribution in [0.4, 0.5) is 0 Å². The minimum absolute atomic E-state index is 0.0417. The van der Waals surface area contributed by atoms with Gasteiger partial charge in [-0.15, -0.1) is 0 Å². The maximum atomic E-state index is 12.0. The maximum Gasteiger partial charge on any atom is 0.307 e. The number of rotatable bonds is 3. The molecule has 1 saturated heterocycles. The van der Waals surface area contributed by atoms with Crippen molar-refractivity contribution in [1.82, 2.24) is 10.6 Å². The number of carbonyl (C=O) groups is 2. The number of carboxylic acids is 1. The molecule has 1 aliphatic heterocycles. The van der Waals surface area contributed by atoms with E-state index in [9.17, 15) is 9.59 Å². The largest absolute Gasteiger partial charge is 0.481 e. The molecule has 3 fully saturated rings. The van der Waals surface area contributed by atoms with Crippen LogP contribution in [0.1, 0.15) is 32.1 Å². The summed E-state index contributed by atoms with van der Waals surface area (Å²) in [6, 6.07) is 0.789. The second kappa shape index (κ2) is 4.53. The quantitative estimate of drug-likeness (QED) is 0.677. The van der Waals surface area contributed by atoms with Gasteiger partial charge in [0.2, 0.25) is 5.91 Å². The zero-order valence-electron chi connectivity index (χ0n) is 10.4. The van der Waals surface area contributed by atoms with Gasteiger partial charge < -0.3 is 15.7 Å². The number of hydrogen-bond donors (Lipinski definition) is 3. The summed E-state index contributed by atoms with van der Waals surface area (Å²) in [6.07, 6.45) is 4.63. The Morgan fingerprint density at radius 2 is 1.89 bits per heavy atom. The number of nitrogens with one attached hydrogen (secondary N) is 2. The molecule has 3 aliphatic rings. The lowest BCUT2D eigenvalue weighted by Crippen LogP contribution is -2.49. The van der Waals surface area contributed by atoms with E-state index < -0.39 is 11.9 Å². The summed E-state index contributed by atoms with van der Waals surface area (Å²) < 4.78 is 0. The number of hydrogen-bond acceptors (Lipinski definition) is 3. The van der Waals surface area contributed by atoms with Gasteiger partial charge in [-0.25, -0.2) is 0 Å². The Balaban J connectivity index is 1.53. The van der Waals surface area contributed by atoms with Crippen molar-refractivity contribution in [2.45, 2.75) is 44.2 Å². The smallest absolute Gasteiger partial charge is 0.307 e. The number of carbonyl (C=O) groups excluding carboxylic acids is 1. The third-order valence-electron chi connectivity index (χ3n) is 4.77. The summed E-state index contributed by atoms with van der Waals surface area (Å²) in [5.41, 5.74) is 0. The van der Waals surface area contributed by atoms with Crippen molar-refractivity contribution in [1.29, 1.82) is 0 Å². The highest BCUT2D eigenvalue weighted by atomic mass is 16.4. The summed E-state index contributed by atoms with van der Waals surface area (Å²) in [4.78, 5) is 23.0. The topological polar surface area (TPSA) is 78.4 Å². The average Bonchev–Trinajstić information content (AvgIpc) is 2.55. The zero-order chi connectivity index (χ0) is 12.7. The van der Waals surface area contributed by atoms with E-state index in [2.05, 4.69) is 10.6 Å². The van der Waals surface area contributed by atoms with Gasteiger partial charge in [0.05, 0.1) is 11.8 Å². The summed E-state index contributed by atoms with van der Waals surface area (Å²) in [5.74, 6) is -0.934. The predicted molar refractivity (Wildman–Crippen MR) is 64.9 cm³/mol. The van der Waals surface area contributed by atoms with E-state index >= 15 is 0 Å². The van der Waals surface area contributed by atoms with Crippen molar-refractivity contribution in [2.75, 3.05) is 6.54 Å². The molecule has 18 heavy (non-hydrogen) atoms. The molecule has 1 amide bonds. The molecule has 2 saturated carbocycles. The maximum absolute atomic E-state index is 12.0. The van der Waals surface area contributed by atoms with Crippen LogP contribution in [-0.2, 0) is 9.59 Å². The van der Waals surface area contributed by atoms with Crippen LogP contribution in [0.5, 0.6) is 0 Å². The second-order valence-electron chi connectivity index (χ2n) is 6.01. The van der Waals surface area contributed by atoms with Gasteiger partial charge in [-0.2, -0.15) is 0 Å². The van der Waals surface area contributed by atoms with Crippen LogP contribution in [0.15, 0.2) is 0 Å². The van der Waals surface area contributed by atoms with Crippen LogP contribution >= 0.6 is 0 Å². The van der Waals surface area contributed by atoms with Gasteiger partial charge in [0.25, 0.3) is 0 Å². The molecule has 0 aromatic carbocycles. The molecule has 3 rings (SSSR count). The Morgan fingerprint density at radius 3 is 2.50 bits per heavy atom. The van der Waals surface area contributed by atoms with Gasteiger partial charge in [0.1, 0.15) is 0 Å². The number of aliphatic carboxylic acids is 1. The third kappa shape index (κ3) is 2.11. The van der Waals surface area contributed by atoms with Gasteiger partial charge >= 0.3 is 5.97 Å². The molecule has 0 aromatic rings. The van der Waals surface area contributed by atoms with Gasteiger partial charge in [-0.3, -0.25) is 9.59 Å². The van der Waals surface area contributed by atoms with Gasteiger partial charge in [0, 0.05) is 12.1 Å². The first kappa shape index (κ1) is 12.0. The number of carboxylic acid groups (broad SMARTS) is 1. The predicted octanol–water partition coefficient (Wildman–Crippen LogP) is 0.354. The van der Waals surface area contributed by atoms with E-state index in [1.165, 1.54) is 6.42 Å². The van der Waals surface area contributed by atoms with Crippen LogP contribution in [-0.4, -0.2) is 35.6 Å². The molecule has 3 N–H and O–H groups in total. The molecular weight excluding hydrogens is 232 g/mol. The van der Waals surface area contributed by atoms with Crippen molar-refractivity contribution in [3.8, 4) is 0 Å². The summed E-state index contributed by atoms with van der Waals surface area (Å²) in [7, 11) is 0. The number of amides is 1. The van der Waals surface area contributed by atoms with Gasteiger partial charge in [-0.05, 0) is 44.6 Å². The molecule has 100 valence electrons. The highest BCUT2D eigenvalue weighted by Gasteiger charge is 2.43. The molecule has 2 bridgehead atoms. The molecule has 1 heterocycles. The Kier molecular flexibility index (Phi) is 3.01. The summed E-state index contributed by atoms with van der Waals surface area (Å²) in [5, 5.41) is 15.5. The van der Waals surface area contributed by atoms with E-state index in [0.717, 1.165) is 25.8 Å². The molecule has 0 radical (unpaired) electrons. The Hall–Kier alpha value is -1.10. The number of fused-ring (bicyclic) bond motifs is 2. The van der Waals surface area contributed by atoms with Crippen molar-refractivity contribution in [3.63, 3.8) is 0 Å². The summed E-state index contributed by atoms with van der Waals surface area (Å²) in [6.45, 7) is 1.07. The Labute approximate surface area is 106 Å². The van der Waals surface area contributed by atoms with Crippen molar-refractivity contribution >= 4 is 11.9 Å². The van der Waals surface area contributed by atoms with E-state index in [-0.39, 0.29) is 17.9 Å². The minimum atomic E-state index is -0.827. The Morgan fingerprint density at radius 1 is 1.11 bits per heavy atom. The molecule has 2 aliphatic carbocycles. The van der Waals surface area contributed by atoms with E-state index in [0.29, 0.717) is 18.4 Å². The molecule has 5 atom stereocenters. The average molecular weight is 252 g/mol. The standard InChI is InChI=1S/C13H20N2O3/c16-12(10-1-2-11(10)13(17)18)15-9-4-7-3-8(5-9)14-6-7/h7-11,14H,1-6H2,(H,15,16)(H,17,18). The van der Waals surface area contributed by atoms with E-state index in [1.807, 2.05) is 0 Å². The highest BCUT2D eigenvalue weighted by molar-refractivity contribution is 5.86. The molecule has 5 unspecified atom stereocenters. The molecule has 0 aromatic heterocycles. The molecule has 0 spiro atoms. The first-order valence-corrected chi connectivity index (χ1v) is 6.90. The Bertz CT molecular complexity index is 359. The monoisotopic (exact) mass is 252 g/mol.